The zero-order valence-corrected chi connectivity index (χ0v) is 19.3. The molecule has 10 heteroatoms. The van der Waals surface area contributed by atoms with Crippen LogP contribution in [0.15, 0.2) is 58.5 Å². The van der Waals surface area contributed by atoms with Gasteiger partial charge < -0.3 is 16.0 Å². The first-order valence-electron chi connectivity index (χ1n) is 10.7. The van der Waals surface area contributed by atoms with Crippen LogP contribution in [-0.2, 0) is 16.4 Å². The summed E-state index contributed by atoms with van der Waals surface area (Å²) < 4.78 is 26.2. The molecule has 3 N–H and O–H groups in total. The largest absolute Gasteiger partial charge is 0.347 e. The molecule has 0 spiro atoms. The molecule has 1 fully saturated rings. The van der Waals surface area contributed by atoms with E-state index in [-0.39, 0.29) is 32.5 Å². The minimum atomic E-state index is -3.90. The number of hydrogen-bond donors (Lipinski definition) is 3. The third-order valence-corrected chi connectivity index (χ3v) is 8.91. The third kappa shape index (κ3) is 4.17. The fourth-order valence-electron chi connectivity index (χ4n) is 4.13. The minimum absolute atomic E-state index is 0.0357. The Hall–Kier alpha value is -3.08. The third-order valence-electron chi connectivity index (χ3n) is 5.88. The highest BCUT2D eigenvalue weighted by atomic mass is 32.2. The van der Waals surface area contributed by atoms with Crippen molar-refractivity contribution in [1.29, 1.82) is 0 Å². The summed E-state index contributed by atoms with van der Waals surface area (Å²) in [5.41, 5.74) is 0.433. The van der Waals surface area contributed by atoms with Gasteiger partial charge >= 0.3 is 0 Å². The lowest BCUT2D eigenvalue weighted by Crippen LogP contribution is -2.26. The molecule has 0 unspecified atom stereocenters. The molecule has 1 aromatic heterocycles. The number of rotatable bonds is 4. The fraction of sp³-hybridized carbons (Fsp3) is 0.261. The SMILES string of the molecule is O=C(NCc1cnc(C2CCNCC2)s1)c1ccc2c(c1)NC(=O)c1ccccc1S2(=O)=O. The summed E-state index contributed by atoms with van der Waals surface area (Å²) >= 11 is 1.61. The van der Waals surface area contributed by atoms with Crippen LogP contribution in [0, 0.1) is 0 Å². The van der Waals surface area contributed by atoms with Gasteiger partial charge in [-0.1, -0.05) is 12.1 Å². The number of carbonyl (C=O) groups is 2. The standard InChI is InChI=1S/C23H22N4O4S2/c28-21(25-12-16-13-26-23(32-16)14-7-9-24-10-8-14)15-5-6-20-18(11-15)27-22(29)17-3-1-2-4-19(17)33(20,30)31/h1-6,11,13-14,24H,7-10,12H2,(H,25,28)(H,27,29). The molecule has 5 rings (SSSR count). The molecule has 2 aliphatic rings. The summed E-state index contributed by atoms with van der Waals surface area (Å²) in [5.74, 6) is -0.427. The number of amides is 2. The molecule has 0 radical (unpaired) electrons. The van der Waals surface area contributed by atoms with Crippen LogP contribution in [-0.4, -0.2) is 38.3 Å². The summed E-state index contributed by atoms with van der Waals surface area (Å²) in [6, 6.07) is 10.3. The van der Waals surface area contributed by atoms with Crippen LogP contribution < -0.4 is 16.0 Å². The highest BCUT2D eigenvalue weighted by Gasteiger charge is 2.31. The van der Waals surface area contributed by atoms with E-state index in [2.05, 4.69) is 20.9 Å². The zero-order valence-electron chi connectivity index (χ0n) is 17.6. The van der Waals surface area contributed by atoms with Crippen molar-refractivity contribution in [1.82, 2.24) is 15.6 Å². The Bertz CT molecular complexity index is 1340. The summed E-state index contributed by atoms with van der Waals surface area (Å²) in [5, 5.41) is 9.93. The Morgan fingerprint density at radius 1 is 1.12 bits per heavy atom. The van der Waals surface area contributed by atoms with Crippen LogP contribution in [0.4, 0.5) is 5.69 Å². The second-order valence-electron chi connectivity index (χ2n) is 8.04. The van der Waals surface area contributed by atoms with E-state index in [0.29, 0.717) is 12.5 Å². The van der Waals surface area contributed by atoms with Crippen molar-refractivity contribution in [2.24, 2.45) is 0 Å². The first kappa shape index (κ1) is 21.7. The second-order valence-corrected chi connectivity index (χ2v) is 11.1. The van der Waals surface area contributed by atoms with Crippen molar-refractivity contribution in [2.45, 2.75) is 35.1 Å². The van der Waals surface area contributed by atoms with Gasteiger partial charge in [0, 0.05) is 22.6 Å². The Labute approximate surface area is 195 Å². The normalized spacial score (nSPS) is 17.4. The molecule has 2 aromatic carbocycles. The molecule has 0 atom stereocenters. The first-order chi connectivity index (χ1) is 15.9. The quantitative estimate of drug-likeness (QED) is 0.526. The van der Waals surface area contributed by atoms with Gasteiger partial charge in [0.05, 0.1) is 32.6 Å². The topological polar surface area (TPSA) is 117 Å². The predicted octanol–water partition coefficient (Wildman–Crippen LogP) is 2.94. The van der Waals surface area contributed by atoms with Crippen molar-refractivity contribution < 1.29 is 18.0 Å². The van der Waals surface area contributed by atoms with Crippen LogP contribution in [0.25, 0.3) is 0 Å². The van der Waals surface area contributed by atoms with Gasteiger partial charge in [-0.3, -0.25) is 9.59 Å². The number of nitrogens with zero attached hydrogens (tertiary/aromatic N) is 1. The lowest BCUT2D eigenvalue weighted by Gasteiger charge is -2.20. The zero-order chi connectivity index (χ0) is 23.0. The number of fused-ring (bicyclic) bond motifs is 2. The molecular weight excluding hydrogens is 460 g/mol. The van der Waals surface area contributed by atoms with Gasteiger partial charge in [-0.15, -0.1) is 11.3 Å². The molecule has 0 saturated carbocycles. The minimum Gasteiger partial charge on any atom is -0.347 e. The van der Waals surface area contributed by atoms with Gasteiger partial charge in [0.1, 0.15) is 0 Å². The van der Waals surface area contributed by atoms with Crippen molar-refractivity contribution in [2.75, 3.05) is 18.4 Å². The Morgan fingerprint density at radius 3 is 2.73 bits per heavy atom. The number of hydrogen-bond acceptors (Lipinski definition) is 7. The van der Waals surface area contributed by atoms with Gasteiger partial charge in [0.2, 0.25) is 9.84 Å². The Kier molecular flexibility index (Phi) is 5.73. The number of carbonyl (C=O) groups excluding carboxylic acids is 2. The highest BCUT2D eigenvalue weighted by molar-refractivity contribution is 7.91. The number of benzene rings is 2. The van der Waals surface area contributed by atoms with Crippen LogP contribution in [0.3, 0.4) is 0 Å². The molecule has 33 heavy (non-hydrogen) atoms. The van der Waals surface area contributed by atoms with Crippen LogP contribution in [0.5, 0.6) is 0 Å². The second kappa shape index (κ2) is 8.69. The Balaban J connectivity index is 1.33. The van der Waals surface area contributed by atoms with Gasteiger partial charge in [-0.2, -0.15) is 0 Å². The van der Waals surface area contributed by atoms with Crippen LogP contribution in [0.2, 0.25) is 0 Å². The maximum Gasteiger partial charge on any atom is 0.257 e. The van der Waals surface area contributed by atoms with Gasteiger partial charge in [0.25, 0.3) is 11.8 Å². The smallest absolute Gasteiger partial charge is 0.257 e. The van der Waals surface area contributed by atoms with Gasteiger partial charge in [-0.05, 0) is 56.3 Å². The van der Waals surface area contributed by atoms with Crippen molar-refractivity contribution in [3.63, 3.8) is 0 Å². The molecular formula is C23H22N4O4S2. The summed E-state index contributed by atoms with van der Waals surface area (Å²) in [4.78, 5) is 30.8. The predicted molar refractivity (Wildman–Crippen MR) is 124 cm³/mol. The van der Waals surface area contributed by atoms with E-state index in [0.717, 1.165) is 35.8 Å². The molecule has 1 saturated heterocycles. The number of anilines is 1. The molecule has 0 aliphatic carbocycles. The average Bonchev–Trinajstić information content (AvgIpc) is 3.29. The average molecular weight is 483 g/mol. The van der Waals surface area contributed by atoms with Crippen molar-refractivity contribution >= 4 is 38.7 Å². The lowest BCUT2D eigenvalue weighted by molar-refractivity contribution is 0.0949. The van der Waals surface area contributed by atoms with Gasteiger partial charge in [0.15, 0.2) is 0 Å². The van der Waals surface area contributed by atoms with E-state index in [1.807, 2.05) is 0 Å². The van der Waals surface area contributed by atoms with Crippen molar-refractivity contribution in [3.8, 4) is 0 Å². The van der Waals surface area contributed by atoms with E-state index < -0.39 is 15.7 Å². The molecule has 2 aliphatic heterocycles. The molecule has 0 bridgehead atoms. The van der Waals surface area contributed by atoms with Crippen LogP contribution in [0.1, 0.15) is 49.4 Å². The lowest BCUT2D eigenvalue weighted by atomic mass is 9.99. The maximum absolute atomic E-state index is 13.1. The summed E-state index contributed by atoms with van der Waals surface area (Å²) in [6.07, 6.45) is 3.92. The molecule has 8 nitrogen and oxygen atoms in total. The number of thiazole rings is 1. The Morgan fingerprint density at radius 2 is 1.91 bits per heavy atom. The van der Waals surface area contributed by atoms with E-state index in [1.165, 1.54) is 30.3 Å². The van der Waals surface area contributed by atoms with E-state index in [9.17, 15) is 18.0 Å². The van der Waals surface area contributed by atoms with Gasteiger partial charge in [-0.25, -0.2) is 13.4 Å². The number of aromatic nitrogens is 1. The number of piperidine rings is 1. The highest BCUT2D eigenvalue weighted by Crippen LogP contribution is 2.34. The van der Waals surface area contributed by atoms with E-state index in [1.54, 1.807) is 29.7 Å². The van der Waals surface area contributed by atoms with E-state index >= 15 is 0 Å². The molecule has 170 valence electrons. The maximum atomic E-state index is 13.1. The first-order valence-corrected chi connectivity index (χ1v) is 13.0. The van der Waals surface area contributed by atoms with Crippen molar-refractivity contribution in [3.05, 3.63) is 69.7 Å². The molecule has 2 amide bonds. The molecule has 3 aromatic rings. The van der Waals surface area contributed by atoms with E-state index in [4.69, 9.17) is 0 Å². The fourth-order valence-corrected chi connectivity index (χ4v) is 6.75. The monoisotopic (exact) mass is 482 g/mol. The summed E-state index contributed by atoms with van der Waals surface area (Å²) in [6.45, 7) is 2.31. The summed E-state index contributed by atoms with van der Waals surface area (Å²) in [7, 11) is -3.90. The number of nitrogens with one attached hydrogen (secondary N) is 3. The van der Waals surface area contributed by atoms with Crippen LogP contribution >= 0.6 is 11.3 Å². The molecule has 3 heterocycles. The number of sulfone groups is 1.